The molecule has 2 aliphatic heterocycles. The monoisotopic (exact) mass is 289 g/mol. The predicted octanol–water partition coefficient (Wildman–Crippen LogP) is 2.31. The minimum absolute atomic E-state index is 0.196. The quantitative estimate of drug-likeness (QED) is 0.780. The summed E-state index contributed by atoms with van der Waals surface area (Å²) in [4.78, 5) is 14.7. The number of ketones is 1. The van der Waals surface area contributed by atoms with E-state index in [1.807, 2.05) is 25.1 Å². The second kappa shape index (κ2) is 6.58. The van der Waals surface area contributed by atoms with Crippen molar-refractivity contribution in [1.82, 2.24) is 4.90 Å². The maximum absolute atomic E-state index is 12.5. The zero-order chi connectivity index (χ0) is 14.7. The van der Waals surface area contributed by atoms with Crippen molar-refractivity contribution in [3.63, 3.8) is 0 Å². The number of ether oxygens (including phenoxy) is 2. The third-order valence-corrected chi connectivity index (χ3v) is 4.24. The lowest BCUT2D eigenvalue weighted by atomic mass is 10.0. The summed E-state index contributed by atoms with van der Waals surface area (Å²) in [7, 11) is 0. The summed E-state index contributed by atoms with van der Waals surface area (Å²) in [5.74, 6) is 1.13. The maximum atomic E-state index is 12.5. The van der Waals surface area contributed by atoms with E-state index in [1.165, 1.54) is 0 Å². The van der Waals surface area contributed by atoms with Crippen molar-refractivity contribution in [3.8, 4) is 5.75 Å². The largest absolute Gasteiger partial charge is 0.493 e. The van der Waals surface area contributed by atoms with Gasteiger partial charge in [-0.15, -0.1) is 0 Å². The molecule has 4 heteroatoms. The van der Waals surface area contributed by atoms with E-state index >= 15 is 0 Å². The van der Waals surface area contributed by atoms with E-state index in [0.29, 0.717) is 6.54 Å². The molecule has 0 aliphatic carbocycles. The van der Waals surface area contributed by atoms with Gasteiger partial charge in [-0.05, 0) is 50.1 Å². The highest BCUT2D eigenvalue weighted by Crippen LogP contribution is 2.26. The lowest BCUT2D eigenvalue weighted by Gasteiger charge is -2.31. The average molecular weight is 289 g/mol. The van der Waals surface area contributed by atoms with E-state index in [2.05, 4.69) is 4.90 Å². The van der Waals surface area contributed by atoms with Crippen LogP contribution in [0.3, 0.4) is 0 Å². The first-order valence-corrected chi connectivity index (χ1v) is 7.89. The molecule has 2 aliphatic rings. The normalized spacial score (nSPS) is 21.9. The summed E-state index contributed by atoms with van der Waals surface area (Å²) < 4.78 is 11.2. The molecular formula is C17H23NO3. The summed E-state index contributed by atoms with van der Waals surface area (Å²) in [6.45, 7) is 5.85. The van der Waals surface area contributed by atoms with Gasteiger partial charge in [-0.2, -0.15) is 0 Å². The molecule has 2 heterocycles. The van der Waals surface area contributed by atoms with Gasteiger partial charge in [0.25, 0.3) is 0 Å². The molecule has 1 fully saturated rings. The molecule has 0 spiro atoms. The van der Waals surface area contributed by atoms with Gasteiger partial charge >= 0.3 is 0 Å². The smallest absolute Gasteiger partial charge is 0.176 e. The second-order valence-electron chi connectivity index (χ2n) is 5.80. The summed E-state index contributed by atoms with van der Waals surface area (Å²) in [6.07, 6.45) is 3.40. The van der Waals surface area contributed by atoms with Crippen molar-refractivity contribution >= 4 is 5.78 Å². The zero-order valence-electron chi connectivity index (χ0n) is 12.6. The molecule has 21 heavy (non-hydrogen) atoms. The van der Waals surface area contributed by atoms with Gasteiger partial charge in [0.05, 0.1) is 19.3 Å². The minimum Gasteiger partial charge on any atom is -0.493 e. The van der Waals surface area contributed by atoms with Crippen LogP contribution in [0.25, 0.3) is 0 Å². The average Bonchev–Trinajstić information content (AvgIpc) is 2.95. The third kappa shape index (κ3) is 3.44. The van der Waals surface area contributed by atoms with Crippen molar-refractivity contribution in [2.75, 3.05) is 32.8 Å². The Hall–Kier alpha value is -1.39. The van der Waals surface area contributed by atoms with Crippen LogP contribution in [-0.2, 0) is 11.2 Å². The third-order valence-electron chi connectivity index (χ3n) is 4.24. The standard InChI is InChI=1S/C17H23NO3/c1-2-20-15-4-3-8-18(11-15)12-16(19)13-5-6-17-14(10-13)7-9-21-17/h5-6,10,15H,2-4,7-9,11-12H2,1H3. The Morgan fingerprint density at radius 3 is 3.24 bits per heavy atom. The SMILES string of the molecule is CCOC1CCCN(CC(=O)c2ccc3c(c2)CCO3)C1. The van der Waals surface area contributed by atoms with Crippen molar-refractivity contribution < 1.29 is 14.3 Å². The lowest BCUT2D eigenvalue weighted by Crippen LogP contribution is -2.42. The highest BCUT2D eigenvalue weighted by molar-refractivity contribution is 5.98. The number of carbonyl (C=O) groups excluding carboxylic acids is 1. The molecule has 1 aromatic rings. The Morgan fingerprint density at radius 2 is 2.38 bits per heavy atom. The summed E-state index contributed by atoms with van der Waals surface area (Å²) in [6, 6.07) is 5.81. The molecule has 1 saturated heterocycles. The Balaban J connectivity index is 1.60. The van der Waals surface area contributed by atoms with E-state index in [4.69, 9.17) is 9.47 Å². The minimum atomic E-state index is 0.196. The first-order valence-electron chi connectivity index (χ1n) is 7.89. The van der Waals surface area contributed by atoms with Gasteiger partial charge in [0.2, 0.25) is 0 Å². The molecule has 0 amide bonds. The molecular weight excluding hydrogens is 266 g/mol. The molecule has 0 radical (unpaired) electrons. The molecule has 1 aromatic carbocycles. The van der Waals surface area contributed by atoms with Crippen LogP contribution in [0, 0.1) is 0 Å². The van der Waals surface area contributed by atoms with E-state index < -0.39 is 0 Å². The molecule has 0 N–H and O–H groups in total. The number of nitrogens with zero attached hydrogens (tertiary/aromatic N) is 1. The highest BCUT2D eigenvalue weighted by atomic mass is 16.5. The summed E-state index contributed by atoms with van der Waals surface area (Å²) in [5, 5.41) is 0. The van der Waals surface area contributed by atoms with Crippen LogP contribution < -0.4 is 4.74 Å². The van der Waals surface area contributed by atoms with Gasteiger partial charge in [-0.3, -0.25) is 9.69 Å². The number of hydrogen-bond acceptors (Lipinski definition) is 4. The number of Topliss-reactive ketones (excluding diaryl/α,β-unsaturated/α-hetero) is 1. The van der Waals surface area contributed by atoms with Crippen molar-refractivity contribution in [3.05, 3.63) is 29.3 Å². The number of rotatable bonds is 5. The number of piperidine rings is 1. The topological polar surface area (TPSA) is 38.8 Å². The highest BCUT2D eigenvalue weighted by Gasteiger charge is 2.23. The Kier molecular flexibility index (Phi) is 4.56. The van der Waals surface area contributed by atoms with Crippen LogP contribution in [0.1, 0.15) is 35.7 Å². The number of carbonyl (C=O) groups is 1. The summed E-state index contributed by atoms with van der Waals surface area (Å²) in [5.41, 5.74) is 1.96. The molecule has 4 nitrogen and oxygen atoms in total. The first-order chi connectivity index (χ1) is 10.3. The van der Waals surface area contributed by atoms with Crippen LogP contribution >= 0.6 is 0 Å². The second-order valence-corrected chi connectivity index (χ2v) is 5.80. The van der Waals surface area contributed by atoms with Gasteiger partial charge in [0.15, 0.2) is 5.78 Å². The van der Waals surface area contributed by atoms with Gasteiger partial charge in [-0.25, -0.2) is 0 Å². The fourth-order valence-electron chi connectivity index (χ4n) is 3.18. The molecule has 0 bridgehead atoms. The van der Waals surface area contributed by atoms with Crippen molar-refractivity contribution in [2.45, 2.75) is 32.3 Å². The molecule has 1 unspecified atom stereocenters. The van der Waals surface area contributed by atoms with Crippen LogP contribution in [0.15, 0.2) is 18.2 Å². The van der Waals surface area contributed by atoms with Gasteiger partial charge in [0.1, 0.15) is 5.75 Å². The Labute approximate surface area is 126 Å². The molecule has 0 aromatic heterocycles. The van der Waals surface area contributed by atoms with E-state index in [1.54, 1.807) is 0 Å². The summed E-state index contributed by atoms with van der Waals surface area (Å²) >= 11 is 0. The van der Waals surface area contributed by atoms with Gasteiger partial charge in [-0.1, -0.05) is 0 Å². The van der Waals surface area contributed by atoms with Crippen LogP contribution in [0.4, 0.5) is 0 Å². The molecule has 1 atom stereocenters. The Morgan fingerprint density at radius 1 is 1.48 bits per heavy atom. The number of hydrogen-bond donors (Lipinski definition) is 0. The molecule has 114 valence electrons. The van der Waals surface area contributed by atoms with Crippen LogP contribution in [-0.4, -0.2) is 49.6 Å². The van der Waals surface area contributed by atoms with Crippen molar-refractivity contribution in [2.24, 2.45) is 0 Å². The number of benzene rings is 1. The number of likely N-dealkylation sites (tertiary alicyclic amines) is 1. The zero-order valence-corrected chi connectivity index (χ0v) is 12.6. The fourth-order valence-corrected chi connectivity index (χ4v) is 3.18. The Bertz CT molecular complexity index is 513. The molecule has 0 saturated carbocycles. The van der Waals surface area contributed by atoms with Crippen LogP contribution in [0.2, 0.25) is 0 Å². The maximum Gasteiger partial charge on any atom is 0.176 e. The number of fused-ring (bicyclic) bond motifs is 1. The fraction of sp³-hybridized carbons (Fsp3) is 0.588. The first kappa shape index (κ1) is 14.5. The van der Waals surface area contributed by atoms with Gasteiger partial charge < -0.3 is 9.47 Å². The predicted molar refractivity (Wildman–Crippen MR) is 81.1 cm³/mol. The van der Waals surface area contributed by atoms with Gasteiger partial charge in [0, 0.05) is 25.1 Å². The van der Waals surface area contributed by atoms with Crippen molar-refractivity contribution in [1.29, 1.82) is 0 Å². The van der Waals surface area contributed by atoms with Crippen LogP contribution in [0.5, 0.6) is 5.75 Å². The van der Waals surface area contributed by atoms with E-state index in [9.17, 15) is 4.79 Å². The van der Waals surface area contributed by atoms with E-state index in [0.717, 1.165) is 62.4 Å². The van der Waals surface area contributed by atoms with E-state index in [-0.39, 0.29) is 11.9 Å². The molecule has 3 rings (SSSR count). The lowest BCUT2D eigenvalue weighted by molar-refractivity contribution is 0.00718.